The summed E-state index contributed by atoms with van der Waals surface area (Å²) in [7, 11) is 0. The number of carbonyl (C=O) groups excluding carboxylic acids is 1. The molecule has 1 unspecified atom stereocenters. The first-order chi connectivity index (χ1) is 4.72. The van der Waals surface area contributed by atoms with E-state index in [1.807, 2.05) is 0 Å². The summed E-state index contributed by atoms with van der Waals surface area (Å²) < 4.78 is 0. The molecular formula is C4H7N5O. The van der Waals surface area contributed by atoms with Gasteiger partial charge in [0.05, 0.1) is 6.04 Å². The van der Waals surface area contributed by atoms with Gasteiger partial charge in [0.1, 0.15) is 0 Å². The molecule has 0 radical (unpaired) electrons. The predicted octanol–water partition coefficient (Wildman–Crippen LogP) is -1.27. The second-order valence-electron chi connectivity index (χ2n) is 1.89. The van der Waals surface area contributed by atoms with Crippen LogP contribution in [0.4, 0.5) is 0 Å². The number of carbonyl (C=O) groups is 1. The van der Waals surface area contributed by atoms with Gasteiger partial charge in [-0.15, -0.1) is 10.2 Å². The SMILES string of the molecule is CC(N)C(=O)c1nn[nH]n1. The van der Waals surface area contributed by atoms with Crippen LogP contribution in [0.2, 0.25) is 0 Å². The number of nitrogens with two attached hydrogens (primary N) is 1. The lowest BCUT2D eigenvalue weighted by Crippen LogP contribution is -2.27. The van der Waals surface area contributed by atoms with Crippen LogP contribution in [0.1, 0.15) is 17.5 Å². The van der Waals surface area contributed by atoms with Gasteiger partial charge in [-0.1, -0.05) is 0 Å². The molecule has 1 atom stereocenters. The topological polar surface area (TPSA) is 97.5 Å². The minimum absolute atomic E-state index is 0.0370. The standard InChI is InChI=1S/C4H7N5O/c1-2(5)3(10)4-6-8-9-7-4/h2H,5H2,1H3,(H,6,7,8,9). The van der Waals surface area contributed by atoms with Crippen molar-refractivity contribution in [1.29, 1.82) is 0 Å². The fourth-order valence-electron chi connectivity index (χ4n) is 0.470. The molecule has 0 saturated heterocycles. The summed E-state index contributed by atoms with van der Waals surface area (Å²) in [5.41, 5.74) is 5.26. The highest BCUT2D eigenvalue weighted by atomic mass is 16.1. The molecule has 0 spiro atoms. The number of aromatic nitrogens is 4. The van der Waals surface area contributed by atoms with Gasteiger partial charge >= 0.3 is 0 Å². The molecule has 1 aromatic heterocycles. The molecule has 10 heavy (non-hydrogen) atoms. The van der Waals surface area contributed by atoms with E-state index in [0.717, 1.165) is 0 Å². The van der Waals surface area contributed by atoms with Crippen molar-refractivity contribution in [2.24, 2.45) is 5.73 Å². The van der Waals surface area contributed by atoms with Crippen molar-refractivity contribution in [2.75, 3.05) is 0 Å². The summed E-state index contributed by atoms with van der Waals surface area (Å²) in [4.78, 5) is 10.9. The number of H-pyrrole nitrogens is 1. The number of nitrogens with one attached hydrogen (secondary N) is 1. The molecule has 0 amide bonds. The van der Waals surface area contributed by atoms with Gasteiger partial charge in [0.25, 0.3) is 0 Å². The summed E-state index contributed by atoms with van der Waals surface area (Å²) in [6.07, 6.45) is 0. The van der Waals surface area contributed by atoms with Crippen LogP contribution in [0, 0.1) is 0 Å². The van der Waals surface area contributed by atoms with E-state index in [2.05, 4.69) is 20.6 Å². The normalized spacial score (nSPS) is 13.0. The molecule has 1 rings (SSSR count). The number of nitrogens with zero attached hydrogens (tertiary/aromatic N) is 3. The van der Waals surface area contributed by atoms with Gasteiger partial charge in [-0.3, -0.25) is 4.79 Å². The Morgan fingerprint density at radius 3 is 2.90 bits per heavy atom. The Morgan fingerprint density at radius 1 is 1.80 bits per heavy atom. The molecule has 6 heteroatoms. The van der Waals surface area contributed by atoms with E-state index in [0.29, 0.717) is 0 Å². The first-order valence-corrected chi connectivity index (χ1v) is 2.75. The highest BCUT2D eigenvalue weighted by Crippen LogP contribution is 1.89. The molecule has 6 nitrogen and oxygen atoms in total. The number of aromatic amines is 1. The minimum atomic E-state index is -0.572. The van der Waals surface area contributed by atoms with E-state index < -0.39 is 6.04 Å². The van der Waals surface area contributed by atoms with E-state index in [1.165, 1.54) is 0 Å². The van der Waals surface area contributed by atoms with E-state index in [9.17, 15) is 4.79 Å². The molecule has 0 aliphatic heterocycles. The summed E-state index contributed by atoms with van der Waals surface area (Å²) in [6, 6.07) is -0.572. The third-order valence-electron chi connectivity index (χ3n) is 0.979. The van der Waals surface area contributed by atoms with Gasteiger partial charge < -0.3 is 5.73 Å². The number of tetrazole rings is 1. The molecular weight excluding hydrogens is 134 g/mol. The minimum Gasteiger partial charge on any atom is -0.321 e. The maximum Gasteiger partial charge on any atom is 0.241 e. The molecule has 0 bridgehead atoms. The lowest BCUT2D eigenvalue weighted by Gasteiger charge is -1.95. The highest BCUT2D eigenvalue weighted by Gasteiger charge is 2.14. The van der Waals surface area contributed by atoms with E-state index >= 15 is 0 Å². The van der Waals surface area contributed by atoms with Crippen LogP contribution in [-0.4, -0.2) is 32.4 Å². The van der Waals surface area contributed by atoms with Crippen LogP contribution in [0.5, 0.6) is 0 Å². The lowest BCUT2D eigenvalue weighted by atomic mass is 10.2. The van der Waals surface area contributed by atoms with Crippen molar-refractivity contribution in [3.05, 3.63) is 5.82 Å². The molecule has 1 aromatic rings. The van der Waals surface area contributed by atoms with Crippen LogP contribution in [0.3, 0.4) is 0 Å². The van der Waals surface area contributed by atoms with Crippen molar-refractivity contribution < 1.29 is 4.79 Å². The number of hydrogen-bond acceptors (Lipinski definition) is 5. The summed E-state index contributed by atoms with van der Waals surface area (Å²) in [5, 5.41) is 12.3. The van der Waals surface area contributed by atoms with E-state index in [1.54, 1.807) is 6.92 Å². The Kier molecular flexibility index (Phi) is 1.72. The Hall–Kier alpha value is -1.30. The van der Waals surface area contributed by atoms with Crippen molar-refractivity contribution in [2.45, 2.75) is 13.0 Å². The molecule has 0 fully saturated rings. The van der Waals surface area contributed by atoms with Crippen LogP contribution in [-0.2, 0) is 0 Å². The summed E-state index contributed by atoms with van der Waals surface area (Å²) in [5.74, 6) is -0.274. The van der Waals surface area contributed by atoms with Gasteiger partial charge in [0.15, 0.2) is 0 Å². The summed E-state index contributed by atoms with van der Waals surface area (Å²) in [6.45, 7) is 1.57. The van der Waals surface area contributed by atoms with Crippen LogP contribution >= 0.6 is 0 Å². The van der Waals surface area contributed by atoms with Gasteiger partial charge in [0.2, 0.25) is 11.6 Å². The molecule has 0 saturated carbocycles. The number of ketones is 1. The van der Waals surface area contributed by atoms with Crippen LogP contribution in [0.25, 0.3) is 0 Å². The first kappa shape index (κ1) is 6.81. The van der Waals surface area contributed by atoms with Crippen molar-refractivity contribution in [1.82, 2.24) is 20.6 Å². The van der Waals surface area contributed by atoms with Gasteiger partial charge in [-0.25, -0.2) is 0 Å². The van der Waals surface area contributed by atoms with Crippen molar-refractivity contribution in [3.8, 4) is 0 Å². The zero-order valence-electron chi connectivity index (χ0n) is 5.40. The second-order valence-corrected chi connectivity index (χ2v) is 1.89. The molecule has 54 valence electrons. The van der Waals surface area contributed by atoms with E-state index in [-0.39, 0.29) is 11.6 Å². The fraction of sp³-hybridized carbons (Fsp3) is 0.500. The lowest BCUT2D eigenvalue weighted by molar-refractivity contribution is 0.0958. The maximum atomic E-state index is 10.9. The van der Waals surface area contributed by atoms with Gasteiger partial charge in [-0.05, 0) is 12.1 Å². The maximum absolute atomic E-state index is 10.9. The average Bonchev–Trinajstić information content (AvgIpc) is 2.36. The third-order valence-corrected chi connectivity index (χ3v) is 0.979. The smallest absolute Gasteiger partial charge is 0.241 e. The average molecular weight is 141 g/mol. The largest absolute Gasteiger partial charge is 0.321 e. The Morgan fingerprint density at radius 2 is 2.50 bits per heavy atom. The summed E-state index contributed by atoms with van der Waals surface area (Å²) >= 11 is 0. The van der Waals surface area contributed by atoms with Crippen LogP contribution < -0.4 is 5.73 Å². The zero-order chi connectivity index (χ0) is 7.56. The monoisotopic (exact) mass is 141 g/mol. The third kappa shape index (κ3) is 1.16. The zero-order valence-corrected chi connectivity index (χ0v) is 5.40. The number of rotatable bonds is 2. The number of hydrogen-bond donors (Lipinski definition) is 2. The predicted molar refractivity (Wildman–Crippen MR) is 32.2 cm³/mol. The molecule has 1 heterocycles. The molecule has 3 N–H and O–H groups in total. The highest BCUT2D eigenvalue weighted by molar-refractivity contribution is 5.96. The van der Waals surface area contributed by atoms with Crippen LogP contribution in [0.15, 0.2) is 0 Å². The quantitative estimate of drug-likeness (QED) is 0.500. The van der Waals surface area contributed by atoms with Gasteiger partial charge in [-0.2, -0.15) is 5.21 Å². The molecule has 0 aromatic carbocycles. The Labute approximate surface area is 56.8 Å². The number of Topliss-reactive ketones (excluding diaryl/α,β-unsaturated/α-hetero) is 1. The van der Waals surface area contributed by atoms with E-state index in [4.69, 9.17) is 5.73 Å². The molecule has 0 aliphatic rings. The first-order valence-electron chi connectivity index (χ1n) is 2.75. The molecule has 0 aliphatic carbocycles. The Balaban J connectivity index is 2.78. The Bertz CT molecular complexity index is 216. The second kappa shape index (κ2) is 2.53. The van der Waals surface area contributed by atoms with Crippen molar-refractivity contribution in [3.63, 3.8) is 0 Å². The van der Waals surface area contributed by atoms with Crippen molar-refractivity contribution >= 4 is 5.78 Å². The fourth-order valence-corrected chi connectivity index (χ4v) is 0.470. The van der Waals surface area contributed by atoms with Gasteiger partial charge in [0, 0.05) is 0 Å².